The van der Waals surface area contributed by atoms with Gasteiger partial charge < -0.3 is 20.1 Å². The summed E-state index contributed by atoms with van der Waals surface area (Å²) in [7, 11) is 1.51. The smallest absolute Gasteiger partial charge is 0.269 e. The van der Waals surface area contributed by atoms with Gasteiger partial charge in [-0.3, -0.25) is 14.9 Å². The molecule has 1 fully saturated rings. The minimum absolute atomic E-state index is 0.0147. The summed E-state index contributed by atoms with van der Waals surface area (Å²) in [6.45, 7) is 1.36. The molecule has 1 saturated heterocycles. The lowest BCUT2D eigenvalue weighted by atomic mass is 10.1. The van der Waals surface area contributed by atoms with Crippen LogP contribution in [0, 0.1) is 10.1 Å². The molecule has 1 unspecified atom stereocenters. The van der Waals surface area contributed by atoms with Gasteiger partial charge in [-0.2, -0.15) is 0 Å². The molecule has 8 heteroatoms. The van der Waals surface area contributed by atoms with Crippen molar-refractivity contribution in [2.24, 2.45) is 5.73 Å². The highest BCUT2D eigenvalue weighted by atomic mass is 16.6. The summed E-state index contributed by atoms with van der Waals surface area (Å²) in [5.74, 6) is 0.483. The van der Waals surface area contributed by atoms with Crippen LogP contribution in [-0.4, -0.2) is 54.7 Å². The van der Waals surface area contributed by atoms with E-state index in [1.54, 1.807) is 17.0 Å². The third-order valence-corrected chi connectivity index (χ3v) is 3.77. The minimum atomic E-state index is -0.632. The zero-order valence-corrected chi connectivity index (χ0v) is 13.0. The SMILES string of the molecule is COCC(N)C(=O)N1CCC(Oc2ccc([N+](=O)[O-])cc2)CC1. The molecule has 1 aromatic carbocycles. The van der Waals surface area contributed by atoms with Crippen LogP contribution >= 0.6 is 0 Å². The minimum Gasteiger partial charge on any atom is -0.490 e. The van der Waals surface area contributed by atoms with E-state index in [0.29, 0.717) is 31.7 Å². The Balaban J connectivity index is 1.82. The third kappa shape index (κ3) is 4.64. The number of nitro groups is 1. The first-order valence-electron chi connectivity index (χ1n) is 7.45. The molecule has 0 spiro atoms. The van der Waals surface area contributed by atoms with Gasteiger partial charge in [-0.15, -0.1) is 0 Å². The maximum Gasteiger partial charge on any atom is 0.269 e. The summed E-state index contributed by atoms with van der Waals surface area (Å²) >= 11 is 0. The monoisotopic (exact) mass is 323 g/mol. The first-order valence-corrected chi connectivity index (χ1v) is 7.45. The van der Waals surface area contributed by atoms with E-state index in [1.165, 1.54) is 19.2 Å². The molecule has 23 heavy (non-hydrogen) atoms. The molecule has 1 atom stereocenters. The summed E-state index contributed by atoms with van der Waals surface area (Å²) in [5, 5.41) is 10.6. The van der Waals surface area contributed by atoms with Gasteiger partial charge in [0.1, 0.15) is 17.9 Å². The third-order valence-electron chi connectivity index (χ3n) is 3.77. The number of piperidine rings is 1. The second-order valence-corrected chi connectivity index (χ2v) is 5.46. The fraction of sp³-hybridized carbons (Fsp3) is 0.533. The zero-order valence-electron chi connectivity index (χ0n) is 13.0. The van der Waals surface area contributed by atoms with Crippen molar-refractivity contribution < 1.29 is 19.2 Å². The quantitative estimate of drug-likeness (QED) is 0.616. The Labute approximate surface area is 134 Å². The van der Waals surface area contributed by atoms with Crippen LogP contribution in [0.3, 0.4) is 0 Å². The fourth-order valence-corrected chi connectivity index (χ4v) is 2.52. The van der Waals surface area contributed by atoms with E-state index < -0.39 is 11.0 Å². The molecule has 0 saturated carbocycles. The Morgan fingerprint density at radius 3 is 2.52 bits per heavy atom. The zero-order chi connectivity index (χ0) is 16.8. The molecular weight excluding hydrogens is 302 g/mol. The van der Waals surface area contributed by atoms with Crippen molar-refractivity contribution >= 4 is 11.6 Å². The number of nitrogens with zero attached hydrogens (tertiary/aromatic N) is 2. The number of hydrogen-bond acceptors (Lipinski definition) is 6. The van der Waals surface area contributed by atoms with Crippen molar-refractivity contribution in [2.45, 2.75) is 25.0 Å². The second kappa shape index (κ2) is 7.89. The van der Waals surface area contributed by atoms with Gasteiger partial charge in [0.05, 0.1) is 11.5 Å². The van der Waals surface area contributed by atoms with Crippen molar-refractivity contribution in [3.05, 3.63) is 34.4 Å². The lowest BCUT2D eigenvalue weighted by molar-refractivity contribution is -0.384. The maximum absolute atomic E-state index is 12.1. The van der Waals surface area contributed by atoms with E-state index >= 15 is 0 Å². The Kier molecular flexibility index (Phi) is 5.89. The number of non-ortho nitro benzene ring substituents is 1. The van der Waals surface area contributed by atoms with Crippen LogP contribution < -0.4 is 10.5 Å². The Hall–Kier alpha value is -2.19. The molecule has 0 aromatic heterocycles. The summed E-state index contributed by atoms with van der Waals surface area (Å²) in [4.78, 5) is 24.0. The normalized spacial score (nSPS) is 16.9. The highest BCUT2D eigenvalue weighted by Gasteiger charge is 2.27. The second-order valence-electron chi connectivity index (χ2n) is 5.46. The predicted molar refractivity (Wildman–Crippen MR) is 83.2 cm³/mol. The number of hydrogen-bond donors (Lipinski definition) is 1. The highest BCUT2D eigenvalue weighted by molar-refractivity contribution is 5.81. The number of nitro benzene ring substituents is 1. The number of benzene rings is 1. The molecule has 2 N–H and O–H groups in total. The number of likely N-dealkylation sites (tertiary alicyclic amines) is 1. The van der Waals surface area contributed by atoms with E-state index in [-0.39, 0.29) is 24.3 Å². The summed E-state index contributed by atoms with van der Waals surface area (Å²) in [5.41, 5.74) is 5.79. The van der Waals surface area contributed by atoms with E-state index in [2.05, 4.69) is 0 Å². The number of carbonyl (C=O) groups is 1. The average Bonchev–Trinajstić information content (AvgIpc) is 2.55. The van der Waals surface area contributed by atoms with Crippen LogP contribution in [0.2, 0.25) is 0 Å². The molecule has 0 aliphatic carbocycles. The summed E-state index contributed by atoms with van der Waals surface area (Å²) < 4.78 is 10.7. The van der Waals surface area contributed by atoms with Gasteiger partial charge in [0.15, 0.2) is 0 Å². The van der Waals surface area contributed by atoms with Gasteiger partial charge in [0.2, 0.25) is 5.91 Å². The number of amides is 1. The van der Waals surface area contributed by atoms with Crippen LogP contribution in [0.5, 0.6) is 5.75 Å². The maximum atomic E-state index is 12.1. The summed E-state index contributed by atoms with van der Waals surface area (Å²) in [6.07, 6.45) is 1.38. The van der Waals surface area contributed by atoms with E-state index in [4.69, 9.17) is 15.2 Å². The molecule has 1 heterocycles. The van der Waals surface area contributed by atoms with Crippen LogP contribution in [0.15, 0.2) is 24.3 Å². The van der Waals surface area contributed by atoms with E-state index in [1.807, 2.05) is 0 Å². The van der Waals surface area contributed by atoms with Crippen molar-refractivity contribution in [1.29, 1.82) is 0 Å². The predicted octanol–water partition coefficient (Wildman–Crippen LogP) is 0.938. The van der Waals surface area contributed by atoms with Crippen LogP contribution in [0.4, 0.5) is 5.69 Å². The molecule has 0 radical (unpaired) electrons. The molecule has 126 valence electrons. The highest BCUT2D eigenvalue weighted by Crippen LogP contribution is 2.22. The Bertz CT molecular complexity index is 541. The number of methoxy groups -OCH3 is 1. The van der Waals surface area contributed by atoms with Gasteiger partial charge >= 0.3 is 0 Å². The van der Waals surface area contributed by atoms with Crippen LogP contribution in [-0.2, 0) is 9.53 Å². The number of ether oxygens (including phenoxy) is 2. The van der Waals surface area contributed by atoms with Gasteiger partial charge in [0.25, 0.3) is 5.69 Å². The standard InChI is InChI=1S/C15H21N3O5/c1-22-10-14(16)15(19)17-8-6-13(7-9-17)23-12-4-2-11(3-5-12)18(20)21/h2-5,13-14H,6-10,16H2,1H3. The van der Waals surface area contributed by atoms with Crippen LogP contribution in [0.1, 0.15) is 12.8 Å². The van der Waals surface area contributed by atoms with Crippen molar-refractivity contribution in [2.75, 3.05) is 26.8 Å². The van der Waals surface area contributed by atoms with Gasteiger partial charge in [-0.1, -0.05) is 0 Å². The molecule has 1 aliphatic rings. The molecule has 8 nitrogen and oxygen atoms in total. The van der Waals surface area contributed by atoms with Gasteiger partial charge in [0, 0.05) is 45.2 Å². The fourth-order valence-electron chi connectivity index (χ4n) is 2.52. The molecule has 1 aliphatic heterocycles. The van der Waals surface area contributed by atoms with Crippen molar-refractivity contribution in [3.8, 4) is 5.75 Å². The van der Waals surface area contributed by atoms with Crippen LogP contribution in [0.25, 0.3) is 0 Å². The van der Waals surface area contributed by atoms with E-state index in [0.717, 1.165) is 0 Å². The molecule has 2 rings (SSSR count). The molecule has 1 amide bonds. The number of nitrogens with two attached hydrogens (primary N) is 1. The molecule has 1 aromatic rings. The lowest BCUT2D eigenvalue weighted by Gasteiger charge is -2.33. The van der Waals surface area contributed by atoms with Crippen molar-refractivity contribution in [3.63, 3.8) is 0 Å². The average molecular weight is 323 g/mol. The first-order chi connectivity index (χ1) is 11.0. The first kappa shape index (κ1) is 17.2. The van der Waals surface area contributed by atoms with E-state index in [9.17, 15) is 14.9 Å². The Morgan fingerprint density at radius 2 is 2.00 bits per heavy atom. The molecular formula is C15H21N3O5. The number of carbonyl (C=O) groups excluding carboxylic acids is 1. The lowest BCUT2D eigenvalue weighted by Crippen LogP contribution is -2.50. The van der Waals surface area contributed by atoms with Gasteiger partial charge in [-0.25, -0.2) is 0 Å². The van der Waals surface area contributed by atoms with Gasteiger partial charge in [-0.05, 0) is 12.1 Å². The Morgan fingerprint density at radius 1 is 1.39 bits per heavy atom. The molecule has 0 bridgehead atoms. The topological polar surface area (TPSA) is 108 Å². The van der Waals surface area contributed by atoms with Crippen molar-refractivity contribution in [1.82, 2.24) is 4.90 Å². The summed E-state index contributed by atoms with van der Waals surface area (Å²) in [6, 6.07) is 5.37. The largest absolute Gasteiger partial charge is 0.490 e. The number of rotatable bonds is 6.